The summed E-state index contributed by atoms with van der Waals surface area (Å²) < 4.78 is 1.33. The van der Waals surface area contributed by atoms with E-state index in [1.807, 2.05) is 25.1 Å². The first-order chi connectivity index (χ1) is 11.1. The normalized spacial score (nSPS) is 10.6. The fourth-order valence-electron chi connectivity index (χ4n) is 2.52. The van der Waals surface area contributed by atoms with Crippen LogP contribution in [0.15, 0.2) is 35.1 Å². The summed E-state index contributed by atoms with van der Waals surface area (Å²) >= 11 is 0. The van der Waals surface area contributed by atoms with Crippen LogP contribution in [0.4, 0.5) is 5.69 Å². The van der Waals surface area contributed by atoms with Gasteiger partial charge in [0.15, 0.2) is 0 Å². The third-order valence-corrected chi connectivity index (χ3v) is 3.77. The van der Waals surface area contributed by atoms with Crippen LogP contribution >= 0.6 is 0 Å². The van der Waals surface area contributed by atoms with Crippen LogP contribution in [-0.2, 0) is 19.4 Å². The van der Waals surface area contributed by atoms with E-state index in [1.165, 1.54) is 16.8 Å². The first-order valence-corrected chi connectivity index (χ1v) is 8.10. The molecule has 0 saturated carbocycles. The Morgan fingerprint density at radius 1 is 1.09 bits per heavy atom. The molecule has 2 rings (SSSR count). The lowest BCUT2D eigenvalue weighted by Crippen LogP contribution is -2.26. The number of rotatable bonds is 6. The first kappa shape index (κ1) is 16.9. The molecule has 0 spiro atoms. The van der Waals surface area contributed by atoms with Crippen molar-refractivity contribution in [3.05, 3.63) is 57.5 Å². The zero-order chi connectivity index (χ0) is 16.8. The van der Waals surface area contributed by atoms with E-state index in [0.29, 0.717) is 6.54 Å². The number of nitrogens with one attached hydrogen (secondary N) is 1. The third kappa shape index (κ3) is 3.86. The molecule has 0 radical (unpaired) electrons. The summed E-state index contributed by atoms with van der Waals surface area (Å²) in [5.41, 5.74) is 3.12. The number of aryl methyl sites for hydroxylation is 3. The molecule has 1 heterocycles. The van der Waals surface area contributed by atoms with Crippen molar-refractivity contribution in [3.63, 3.8) is 0 Å². The Morgan fingerprint density at radius 2 is 1.74 bits per heavy atom. The van der Waals surface area contributed by atoms with Crippen molar-refractivity contribution in [2.24, 2.45) is 0 Å². The first-order valence-electron chi connectivity index (χ1n) is 8.10. The molecule has 0 aliphatic carbocycles. The van der Waals surface area contributed by atoms with Crippen molar-refractivity contribution < 1.29 is 4.79 Å². The third-order valence-electron chi connectivity index (χ3n) is 3.77. The van der Waals surface area contributed by atoms with E-state index >= 15 is 0 Å². The number of benzene rings is 1. The number of hydrogen-bond acceptors (Lipinski definition) is 3. The van der Waals surface area contributed by atoms with Gasteiger partial charge in [0.05, 0.1) is 0 Å². The number of carbonyl (C=O) groups is 1. The molecular weight excluding hydrogens is 290 g/mol. The van der Waals surface area contributed by atoms with Gasteiger partial charge in [-0.1, -0.05) is 39.0 Å². The van der Waals surface area contributed by atoms with Gasteiger partial charge in [-0.3, -0.25) is 9.59 Å². The Bertz CT molecular complexity index is 728. The minimum atomic E-state index is -0.287. The van der Waals surface area contributed by atoms with Crippen LogP contribution in [0.1, 0.15) is 48.8 Å². The Morgan fingerprint density at radius 3 is 2.30 bits per heavy atom. The molecule has 0 aliphatic heterocycles. The second kappa shape index (κ2) is 7.72. The van der Waals surface area contributed by atoms with Gasteiger partial charge in [0.2, 0.25) is 0 Å². The van der Waals surface area contributed by atoms with E-state index < -0.39 is 0 Å². The van der Waals surface area contributed by atoms with Gasteiger partial charge in [0.1, 0.15) is 5.69 Å². The highest BCUT2D eigenvalue weighted by Gasteiger charge is 2.14. The molecule has 1 N–H and O–H groups in total. The summed E-state index contributed by atoms with van der Waals surface area (Å²) in [5, 5.41) is 7.13. The van der Waals surface area contributed by atoms with Crippen molar-refractivity contribution in [1.82, 2.24) is 9.78 Å². The van der Waals surface area contributed by atoms with E-state index in [2.05, 4.69) is 24.3 Å². The van der Waals surface area contributed by atoms with E-state index in [9.17, 15) is 9.59 Å². The number of carbonyl (C=O) groups excluding carboxylic acids is 1. The van der Waals surface area contributed by atoms with Gasteiger partial charge in [-0.25, -0.2) is 4.68 Å². The largest absolute Gasteiger partial charge is 0.320 e. The van der Waals surface area contributed by atoms with Crippen LogP contribution in [-0.4, -0.2) is 15.7 Å². The molecule has 0 aliphatic rings. The van der Waals surface area contributed by atoms with Gasteiger partial charge in [-0.15, -0.1) is 0 Å². The number of nitrogens with zero attached hydrogens (tertiary/aromatic N) is 2. The molecule has 1 amide bonds. The maximum absolute atomic E-state index is 12.5. The average molecular weight is 313 g/mol. The molecule has 0 saturated heterocycles. The number of anilines is 1. The van der Waals surface area contributed by atoms with Crippen molar-refractivity contribution in [2.45, 2.75) is 46.6 Å². The summed E-state index contributed by atoms with van der Waals surface area (Å²) in [5.74, 6) is -0.287. The highest BCUT2D eigenvalue weighted by atomic mass is 16.2. The second-order valence-corrected chi connectivity index (χ2v) is 5.39. The van der Waals surface area contributed by atoms with Gasteiger partial charge >= 0.3 is 0 Å². The molecule has 0 atom stereocenters. The predicted octanol–water partition coefficient (Wildman–Crippen LogP) is 3.03. The Balaban J connectivity index is 2.33. The summed E-state index contributed by atoms with van der Waals surface area (Å²) in [7, 11) is 0. The summed E-state index contributed by atoms with van der Waals surface area (Å²) in [6.45, 7) is 6.59. The molecule has 122 valence electrons. The van der Waals surface area contributed by atoms with Crippen molar-refractivity contribution in [3.8, 4) is 0 Å². The topological polar surface area (TPSA) is 64.0 Å². The van der Waals surface area contributed by atoms with Gasteiger partial charge in [-0.05, 0) is 36.5 Å². The number of amides is 1. The van der Waals surface area contributed by atoms with Crippen molar-refractivity contribution in [2.75, 3.05) is 5.32 Å². The fraction of sp³-hybridized carbons (Fsp3) is 0.389. The monoisotopic (exact) mass is 313 g/mol. The van der Waals surface area contributed by atoms with Crippen molar-refractivity contribution in [1.29, 1.82) is 0 Å². The van der Waals surface area contributed by atoms with E-state index in [4.69, 9.17) is 0 Å². The number of aromatic nitrogens is 2. The molecule has 5 heteroatoms. The zero-order valence-electron chi connectivity index (χ0n) is 13.9. The van der Waals surface area contributed by atoms with Crippen molar-refractivity contribution >= 4 is 11.6 Å². The quantitative estimate of drug-likeness (QED) is 0.891. The average Bonchev–Trinajstić information content (AvgIpc) is 2.57. The van der Waals surface area contributed by atoms with Gasteiger partial charge in [-0.2, -0.15) is 5.10 Å². The predicted molar refractivity (Wildman–Crippen MR) is 91.9 cm³/mol. The molecule has 5 nitrogen and oxygen atoms in total. The zero-order valence-corrected chi connectivity index (χ0v) is 13.9. The number of hydrogen-bond donors (Lipinski definition) is 1. The van der Waals surface area contributed by atoms with Gasteiger partial charge < -0.3 is 5.32 Å². The second-order valence-electron chi connectivity index (χ2n) is 5.39. The van der Waals surface area contributed by atoms with Crippen LogP contribution in [0, 0.1) is 0 Å². The summed E-state index contributed by atoms with van der Waals surface area (Å²) in [6, 6.07) is 8.90. The minimum Gasteiger partial charge on any atom is -0.320 e. The standard InChI is InChI=1S/C18H23N3O2/c1-4-12-21-16(22)11-10-15(20-21)18(23)19-17-13(5-2)8-7-9-14(17)6-3/h7-11H,4-6,12H2,1-3H3,(H,19,23). The van der Waals surface area contributed by atoms with Crippen LogP contribution in [0.25, 0.3) is 0 Å². The van der Waals surface area contributed by atoms with E-state index in [1.54, 1.807) is 0 Å². The minimum absolute atomic E-state index is 0.188. The fourth-order valence-corrected chi connectivity index (χ4v) is 2.52. The smallest absolute Gasteiger partial charge is 0.276 e. The lowest BCUT2D eigenvalue weighted by atomic mass is 10.0. The maximum Gasteiger partial charge on any atom is 0.276 e. The van der Waals surface area contributed by atoms with Crippen LogP contribution in [0.5, 0.6) is 0 Å². The van der Waals surface area contributed by atoms with Gasteiger partial charge in [0.25, 0.3) is 11.5 Å². The highest BCUT2D eigenvalue weighted by molar-refractivity contribution is 6.03. The molecule has 2 aromatic rings. The molecule has 0 bridgehead atoms. The molecule has 1 aromatic heterocycles. The van der Waals surface area contributed by atoms with E-state index in [-0.39, 0.29) is 17.2 Å². The molecule has 0 fully saturated rings. The van der Waals surface area contributed by atoms with E-state index in [0.717, 1.165) is 36.1 Å². The van der Waals surface area contributed by atoms with Gasteiger partial charge in [0, 0.05) is 18.3 Å². The Hall–Kier alpha value is -2.43. The molecule has 23 heavy (non-hydrogen) atoms. The summed E-state index contributed by atoms with van der Waals surface area (Å²) in [6.07, 6.45) is 2.47. The lowest BCUT2D eigenvalue weighted by molar-refractivity contribution is 0.101. The Labute approximate surface area is 136 Å². The summed E-state index contributed by atoms with van der Waals surface area (Å²) in [4.78, 5) is 24.2. The maximum atomic E-state index is 12.5. The lowest BCUT2D eigenvalue weighted by Gasteiger charge is -2.14. The van der Waals surface area contributed by atoms with Crippen LogP contribution < -0.4 is 10.9 Å². The van der Waals surface area contributed by atoms with Crippen LogP contribution in [0.3, 0.4) is 0 Å². The van der Waals surface area contributed by atoms with Crippen LogP contribution in [0.2, 0.25) is 0 Å². The molecular formula is C18H23N3O2. The molecule has 1 aromatic carbocycles. The highest BCUT2D eigenvalue weighted by Crippen LogP contribution is 2.23. The Kier molecular flexibility index (Phi) is 5.68. The SMILES string of the molecule is CCCn1nc(C(=O)Nc2c(CC)cccc2CC)ccc1=O. The number of para-hydroxylation sites is 1. The molecule has 0 unspecified atom stereocenters.